The number of unbranched alkanes of at least 4 members (excludes halogenated alkanes) is 16. The maximum Gasteiger partial charge on any atom is 0.330 e. The van der Waals surface area contributed by atoms with E-state index in [0.29, 0.717) is 6.61 Å². The maximum atomic E-state index is 11.4. The zero-order valence-corrected chi connectivity index (χ0v) is 17.9. The van der Waals surface area contributed by atoms with Crippen LogP contribution in [0.15, 0.2) is 12.2 Å². The maximum absolute atomic E-state index is 11.4. The second-order valence-electron chi connectivity index (χ2n) is 7.66. The molecule has 0 saturated carbocycles. The first-order valence-corrected chi connectivity index (χ1v) is 11.6. The van der Waals surface area contributed by atoms with Crippen molar-refractivity contribution in [2.75, 3.05) is 6.61 Å². The molecule has 0 heterocycles. The zero-order chi connectivity index (χ0) is 19.1. The van der Waals surface area contributed by atoms with E-state index >= 15 is 0 Å². The monoisotopic (exact) mass is 366 g/mol. The van der Waals surface area contributed by atoms with Crippen LogP contribution in [0.4, 0.5) is 0 Å². The average molecular weight is 367 g/mol. The molecular formula is C24H46O2. The van der Waals surface area contributed by atoms with E-state index in [2.05, 4.69) is 13.8 Å². The molecular weight excluding hydrogens is 320 g/mol. The van der Waals surface area contributed by atoms with Gasteiger partial charge in [-0.1, -0.05) is 123 Å². The lowest BCUT2D eigenvalue weighted by atomic mass is 10.0. The second kappa shape index (κ2) is 22.3. The number of ether oxygens (including phenoxy) is 1. The Morgan fingerprint density at radius 3 is 1.46 bits per heavy atom. The molecule has 0 bridgehead atoms. The molecule has 2 nitrogen and oxygen atoms in total. The molecule has 0 spiro atoms. The number of hydrogen-bond acceptors (Lipinski definition) is 2. The van der Waals surface area contributed by atoms with Gasteiger partial charge in [0, 0.05) is 6.08 Å². The summed E-state index contributed by atoms with van der Waals surface area (Å²) in [5.41, 5.74) is 0. The zero-order valence-electron chi connectivity index (χ0n) is 17.9. The summed E-state index contributed by atoms with van der Waals surface area (Å²) in [5.74, 6) is -0.181. The van der Waals surface area contributed by atoms with Gasteiger partial charge in [-0.2, -0.15) is 0 Å². The Labute approximate surface area is 164 Å². The van der Waals surface area contributed by atoms with E-state index in [9.17, 15) is 4.79 Å². The van der Waals surface area contributed by atoms with Crippen molar-refractivity contribution < 1.29 is 9.53 Å². The second-order valence-corrected chi connectivity index (χ2v) is 7.66. The highest BCUT2D eigenvalue weighted by Crippen LogP contribution is 2.13. The van der Waals surface area contributed by atoms with Crippen molar-refractivity contribution in [1.29, 1.82) is 0 Å². The number of carbonyl (C=O) groups is 1. The summed E-state index contributed by atoms with van der Waals surface area (Å²) in [6.45, 7) is 4.96. The van der Waals surface area contributed by atoms with Crippen LogP contribution in [0.2, 0.25) is 0 Å². The minimum Gasteiger partial charge on any atom is -0.463 e. The summed E-state index contributed by atoms with van der Waals surface area (Å²) in [6.07, 6.45) is 27.3. The Bertz CT molecular complexity index is 309. The van der Waals surface area contributed by atoms with Gasteiger partial charge in [0.15, 0.2) is 0 Å². The molecule has 0 amide bonds. The fourth-order valence-electron chi connectivity index (χ4n) is 3.22. The van der Waals surface area contributed by atoms with Crippen LogP contribution in [-0.4, -0.2) is 12.6 Å². The van der Waals surface area contributed by atoms with Gasteiger partial charge in [0.2, 0.25) is 0 Å². The number of esters is 1. The Kier molecular flexibility index (Phi) is 21.6. The Hall–Kier alpha value is -0.790. The van der Waals surface area contributed by atoms with Crippen LogP contribution < -0.4 is 0 Å². The molecule has 0 aliphatic carbocycles. The summed E-state index contributed by atoms with van der Waals surface area (Å²) in [4.78, 5) is 11.4. The van der Waals surface area contributed by atoms with Crippen molar-refractivity contribution in [3.05, 3.63) is 12.2 Å². The van der Waals surface area contributed by atoms with E-state index < -0.39 is 0 Å². The minimum atomic E-state index is -0.181. The molecule has 154 valence electrons. The molecule has 0 aromatic heterocycles. The van der Waals surface area contributed by atoms with Gasteiger partial charge in [0.05, 0.1) is 6.61 Å². The van der Waals surface area contributed by atoms with Crippen LogP contribution >= 0.6 is 0 Å². The van der Waals surface area contributed by atoms with Crippen molar-refractivity contribution in [1.82, 2.24) is 0 Å². The van der Waals surface area contributed by atoms with E-state index in [-0.39, 0.29) is 5.97 Å². The van der Waals surface area contributed by atoms with E-state index in [0.717, 1.165) is 19.3 Å². The molecule has 0 atom stereocenters. The fraction of sp³-hybridized carbons (Fsp3) is 0.875. The molecule has 26 heavy (non-hydrogen) atoms. The predicted molar refractivity (Wildman–Crippen MR) is 115 cm³/mol. The third-order valence-electron chi connectivity index (χ3n) is 4.95. The molecule has 0 fully saturated rings. The topological polar surface area (TPSA) is 26.3 Å². The normalized spacial score (nSPS) is 11.3. The third kappa shape index (κ3) is 21.3. The van der Waals surface area contributed by atoms with Gasteiger partial charge in [-0.15, -0.1) is 0 Å². The van der Waals surface area contributed by atoms with Crippen molar-refractivity contribution >= 4 is 5.97 Å². The number of hydrogen-bond donors (Lipinski definition) is 0. The van der Waals surface area contributed by atoms with Crippen molar-refractivity contribution in [3.8, 4) is 0 Å². The summed E-state index contributed by atoms with van der Waals surface area (Å²) >= 11 is 0. The molecule has 0 aliphatic heterocycles. The SMILES string of the molecule is CCC/C=C/C(=O)OCCCCCCCCCCCCCCCCCC. The Morgan fingerprint density at radius 2 is 1.04 bits per heavy atom. The van der Waals surface area contributed by atoms with Crippen LogP contribution in [0.3, 0.4) is 0 Å². The van der Waals surface area contributed by atoms with Crippen molar-refractivity contribution in [2.24, 2.45) is 0 Å². The quantitative estimate of drug-likeness (QED) is 0.123. The lowest BCUT2D eigenvalue weighted by Crippen LogP contribution is -2.02. The molecule has 2 heteroatoms. The van der Waals surface area contributed by atoms with E-state index in [1.54, 1.807) is 6.08 Å². The number of carbonyl (C=O) groups excluding carboxylic acids is 1. The van der Waals surface area contributed by atoms with Gasteiger partial charge in [0.1, 0.15) is 0 Å². The minimum absolute atomic E-state index is 0.181. The lowest BCUT2D eigenvalue weighted by molar-refractivity contribution is -0.137. The van der Waals surface area contributed by atoms with Crippen LogP contribution in [0.1, 0.15) is 129 Å². The van der Waals surface area contributed by atoms with Crippen LogP contribution in [0.25, 0.3) is 0 Å². The molecule has 0 unspecified atom stereocenters. The molecule has 0 N–H and O–H groups in total. The standard InChI is InChI=1S/C24H46O2/c1-3-5-7-8-9-10-11-12-13-14-15-16-17-18-19-21-23-26-24(25)22-20-6-4-2/h20,22H,3-19,21,23H2,1-2H3/b22-20+. The fourth-order valence-corrected chi connectivity index (χ4v) is 3.22. The van der Waals surface area contributed by atoms with E-state index in [1.165, 1.54) is 96.3 Å². The van der Waals surface area contributed by atoms with E-state index in [1.807, 2.05) is 6.08 Å². The summed E-state index contributed by atoms with van der Waals surface area (Å²) in [5, 5.41) is 0. The van der Waals surface area contributed by atoms with Crippen LogP contribution in [0.5, 0.6) is 0 Å². The highest BCUT2D eigenvalue weighted by molar-refractivity contribution is 5.81. The Morgan fingerprint density at radius 1 is 0.615 bits per heavy atom. The average Bonchev–Trinajstić information content (AvgIpc) is 2.64. The molecule has 0 saturated heterocycles. The van der Waals surface area contributed by atoms with Gasteiger partial charge in [0.25, 0.3) is 0 Å². The van der Waals surface area contributed by atoms with Crippen molar-refractivity contribution in [3.63, 3.8) is 0 Å². The van der Waals surface area contributed by atoms with Crippen molar-refractivity contribution in [2.45, 2.75) is 129 Å². The first kappa shape index (κ1) is 25.2. The van der Waals surface area contributed by atoms with E-state index in [4.69, 9.17) is 4.74 Å². The number of rotatable bonds is 20. The lowest BCUT2D eigenvalue weighted by Gasteiger charge is -2.04. The van der Waals surface area contributed by atoms with Crippen LogP contribution in [-0.2, 0) is 9.53 Å². The molecule has 0 radical (unpaired) electrons. The molecule has 0 aliphatic rings. The summed E-state index contributed by atoms with van der Waals surface area (Å²) < 4.78 is 5.18. The van der Waals surface area contributed by atoms with Gasteiger partial charge in [-0.05, 0) is 12.8 Å². The highest BCUT2D eigenvalue weighted by Gasteiger charge is 1.97. The van der Waals surface area contributed by atoms with Gasteiger partial charge >= 0.3 is 5.97 Å². The first-order valence-electron chi connectivity index (χ1n) is 11.6. The molecule has 0 aromatic rings. The molecule has 0 aromatic carbocycles. The first-order chi connectivity index (χ1) is 12.8. The third-order valence-corrected chi connectivity index (χ3v) is 4.95. The smallest absolute Gasteiger partial charge is 0.330 e. The van der Waals surface area contributed by atoms with Gasteiger partial charge in [-0.25, -0.2) is 4.79 Å². The number of allylic oxidation sites excluding steroid dienone is 1. The van der Waals surface area contributed by atoms with Gasteiger partial charge < -0.3 is 4.74 Å². The summed E-state index contributed by atoms with van der Waals surface area (Å²) in [7, 11) is 0. The van der Waals surface area contributed by atoms with Gasteiger partial charge in [-0.3, -0.25) is 0 Å². The highest BCUT2D eigenvalue weighted by atomic mass is 16.5. The summed E-state index contributed by atoms with van der Waals surface area (Å²) in [6, 6.07) is 0. The molecule has 0 rings (SSSR count). The van der Waals surface area contributed by atoms with Crippen LogP contribution in [0, 0.1) is 0 Å². The Balaban J connectivity index is 3.10. The largest absolute Gasteiger partial charge is 0.463 e. The predicted octanol–water partition coefficient (Wildman–Crippen LogP) is 8.15.